The van der Waals surface area contributed by atoms with E-state index in [0.29, 0.717) is 0 Å². The zero-order chi connectivity index (χ0) is 19.6. The van der Waals surface area contributed by atoms with Crippen LogP contribution in [-0.2, 0) is 0 Å². The lowest BCUT2D eigenvalue weighted by atomic mass is 10.1. The van der Waals surface area contributed by atoms with Crippen LogP contribution in [0.2, 0.25) is 0 Å². The first-order valence-corrected chi connectivity index (χ1v) is 12.4. The van der Waals surface area contributed by atoms with Crippen molar-refractivity contribution in [2.45, 2.75) is 142 Å². The van der Waals surface area contributed by atoms with Gasteiger partial charge in [0.15, 0.2) is 0 Å². The van der Waals surface area contributed by atoms with Gasteiger partial charge in [-0.1, -0.05) is 117 Å². The molecule has 4 heteroatoms. The van der Waals surface area contributed by atoms with Crippen LogP contribution >= 0.6 is 0 Å². The first-order valence-electron chi connectivity index (χ1n) is 12.4. The molecular formula is C24H56Br2N2. The summed E-state index contributed by atoms with van der Waals surface area (Å²) in [5.41, 5.74) is 7.71. The molecule has 0 bridgehead atoms. The Balaban J connectivity index is -0.000000192. The molecule has 0 rings (SSSR count). The SMILES string of the molecule is CCCCCCCCCCCC[NH3+].CCCCCCCCCCCC[NH3+].[Br-].[Br-]. The van der Waals surface area contributed by atoms with Crippen molar-refractivity contribution in [2.75, 3.05) is 13.1 Å². The summed E-state index contributed by atoms with van der Waals surface area (Å²) in [5, 5.41) is 0. The van der Waals surface area contributed by atoms with Crippen LogP contribution < -0.4 is 45.4 Å². The highest BCUT2D eigenvalue weighted by molar-refractivity contribution is 4.47. The zero-order valence-electron chi connectivity index (χ0n) is 19.7. The van der Waals surface area contributed by atoms with Gasteiger partial charge in [0.25, 0.3) is 0 Å². The molecule has 0 unspecified atom stereocenters. The molecule has 0 radical (unpaired) electrons. The summed E-state index contributed by atoms with van der Waals surface area (Å²) in [6, 6.07) is 0. The van der Waals surface area contributed by atoms with E-state index in [-0.39, 0.29) is 34.0 Å². The van der Waals surface area contributed by atoms with Crippen LogP contribution in [0.5, 0.6) is 0 Å². The molecule has 0 aliphatic carbocycles. The van der Waals surface area contributed by atoms with E-state index in [1.54, 1.807) is 0 Å². The molecule has 0 aromatic rings. The van der Waals surface area contributed by atoms with Gasteiger partial charge in [0.2, 0.25) is 0 Å². The number of hydrogen-bond acceptors (Lipinski definition) is 0. The summed E-state index contributed by atoms with van der Waals surface area (Å²) in [6.45, 7) is 6.80. The predicted molar refractivity (Wildman–Crippen MR) is 119 cm³/mol. The fourth-order valence-corrected chi connectivity index (χ4v) is 3.33. The van der Waals surface area contributed by atoms with Crippen molar-refractivity contribution in [3.63, 3.8) is 0 Å². The van der Waals surface area contributed by atoms with Gasteiger partial charge < -0.3 is 45.4 Å². The predicted octanol–water partition coefficient (Wildman–Crippen LogP) is 0.306. The number of halogens is 2. The number of quaternary nitrogens is 2. The summed E-state index contributed by atoms with van der Waals surface area (Å²) in [5.74, 6) is 0. The molecule has 0 fully saturated rings. The lowest BCUT2D eigenvalue weighted by Crippen LogP contribution is -3.00. The van der Waals surface area contributed by atoms with E-state index in [2.05, 4.69) is 25.3 Å². The Kier molecular flexibility index (Phi) is 49.8. The monoisotopic (exact) mass is 530 g/mol. The molecule has 176 valence electrons. The zero-order valence-corrected chi connectivity index (χ0v) is 22.9. The molecule has 0 heterocycles. The van der Waals surface area contributed by atoms with Crippen molar-refractivity contribution >= 4 is 0 Å². The van der Waals surface area contributed by atoms with Crippen LogP contribution in [0.25, 0.3) is 0 Å². The van der Waals surface area contributed by atoms with Crippen LogP contribution in [0.4, 0.5) is 0 Å². The molecule has 0 amide bonds. The Morgan fingerprint density at radius 2 is 0.500 bits per heavy atom. The first-order chi connectivity index (χ1) is 12.8. The Morgan fingerprint density at radius 1 is 0.321 bits per heavy atom. The van der Waals surface area contributed by atoms with Gasteiger partial charge in [0, 0.05) is 0 Å². The van der Waals surface area contributed by atoms with Crippen molar-refractivity contribution in [3.05, 3.63) is 0 Å². The Morgan fingerprint density at radius 3 is 0.679 bits per heavy atom. The summed E-state index contributed by atoms with van der Waals surface area (Å²) in [7, 11) is 0. The van der Waals surface area contributed by atoms with Gasteiger partial charge in [0.1, 0.15) is 0 Å². The van der Waals surface area contributed by atoms with E-state index in [1.165, 1.54) is 128 Å². The van der Waals surface area contributed by atoms with Crippen molar-refractivity contribution in [2.24, 2.45) is 0 Å². The highest BCUT2D eigenvalue weighted by Gasteiger charge is 1.92. The van der Waals surface area contributed by atoms with E-state index < -0.39 is 0 Å². The third-order valence-corrected chi connectivity index (χ3v) is 5.21. The molecule has 0 aromatic heterocycles. The van der Waals surface area contributed by atoms with Gasteiger partial charge >= 0.3 is 0 Å². The summed E-state index contributed by atoms with van der Waals surface area (Å²) < 4.78 is 0. The summed E-state index contributed by atoms with van der Waals surface area (Å²) >= 11 is 0. The van der Waals surface area contributed by atoms with E-state index in [0.717, 1.165) is 13.1 Å². The Labute approximate surface area is 200 Å². The molecular weight excluding hydrogens is 476 g/mol. The normalized spacial score (nSPS) is 9.86. The maximum atomic E-state index is 3.85. The van der Waals surface area contributed by atoms with Gasteiger partial charge in [-0.3, -0.25) is 0 Å². The quantitative estimate of drug-likeness (QED) is 0.212. The number of unbranched alkanes of at least 4 members (excludes halogenated alkanes) is 18. The van der Waals surface area contributed by atoms with Gasteiger partial charge in [0.05, 0.1) is 13.1 Å². The topological polar surface area (TPSA) is 55.3 Å². The van der Waals surface area contributed by atoms with Crippen LogP contribution in [0.15, 0.2) is 0 Å². The molecule has 28 heavy (non-hydrogen) atoms. The highest BCUT2D eigenvalue weighted by Crippen LogP contribution is 2.10. The summed E-state index contributed by atoms with van der Waals surface area (Å²) in [6.07, 6.45) is 28.5. The minimum atomic E-state index is 0. The maximum absolute atomic E-state index is 3.85. The molecule has 0 saturated carbocycles. The molecule has 0 aliphatic rings. The lowest BCUT2D eigenvalue weighted by molar-refractivity contribution is -0.368. The third-order valence-electron chi connectivity index (χ3n) is 5.21. The smallest absolute Gasteiger partial charge is 0.0739 e. The molecule has 0 saturated heterocycles. The number of rotatable bonds is 20. The fourth-order valence-electron chi connectivity index (χ4n) is 3.33. The van der Waals surface area contributed by atoms with Crippen molar-refractivity contribution in [1.29, 1.82) is 0 Å². The van der Waals surface area contributed by atoms with Crippen LogP contribution in [-0.4, -0.2) is 13.1 Å². The lowest BCUT2D eigenvalue weighted by Gasteiger charge is -2.00. The second-order valence-corrected chi connectivity index (χ2v) is 8.07. The molecule has 0 atom stereocenters. The minimum absolute atomic E-state index is 0. The van der Waals surface area contributed by atoms with Gasteiger partial charge in [-0.15, -0.1) is 0 Å². The van der Waals surface area contributed by atoms with E-state index in [1.807, 2.05) is 0 Å². The molecule has 0 aliphatic heterocycles. The fraction of sp³-hybridized carbons (Fsp3) is 1.00. The molecule has 2 nitrogen and oxygen atoms in total. The van der Waals surface area contributed by atoms with Crippen LogP contribution in [0.3, 0.4) is 0 Å². The Hall–Kier alpha value is 0.880. The van der Waals surface area contributed by atoms with Gasteiger partial charge in [-0.2, -0.15) is 0 Å². The largest absolute Gasteiger partial charge is 1.00 e. The molecule has 0 aromatic carbocycles. The van der Waals surface area contributed by atoms with E-state index in [9.17, 15) is 0 Å². The maximum Gasteiger partial charge on any atom is 0.0739 e. The highest BCUT2D eigenvalue weighted by atomic mass is 79.9. The second kappa shape index (κ2) is 38.5. The van der Waals surface area contributed by atoms with Crippen molar-refractivity contribution in [1.82, 2.24) is 0 Å². The van der Waals surface area contributed by atoms with Gasteiger partial charge in [-0.05, 0) is 25.7 Å². The average Bonchev–Trinajstić information content (AvgIpc) is 2.66. The van der Waals surface area contributed by atoms with E-state index in [4.69, 9.17) is 0 Å². The average molecular weight is 533 g/mol. The van der Waals surface area contributed by atoms with Crippen molar-refractivity contribution < 1.29 is 45.4 Å². The van der Waals surface area contributed by atoms with Gasteiger partial charge in [-0.25, -0.2) is 0 Å². The Bertz CT molecular complexity index is 175. The van der Waals surface area contributed by atoms with Crippen LogP contribution in [0, 0.1) is 0 Å². The number of hydrogen-bond donors (Lipinski definition) is 2. The standard InChI is InChI=1S/2C12H27N.2BrH/c2*1-2-3-4-5-6-7-8-9-10-11-12-13;;/h2*2-13H2,1H3;2*1H. The third kappa shape index (κ3) is 41.3. The van der Waals surface area contributed by atoms with Crippen LogP contribution in [0.1, 0.15) is 142 Å². The molecule has 0 spiro atoms. The molecule has 6 N–H and O–H groups in total. The first kappa shape index (κ1) is 36.3. The van der Waals surface area contributed by atoms with Crippen molar-refractivity contribution in [3.8, 4) is 0 Å². The van der Waals surface area contributed by atoms with E-state index >= 15 is 0 Å². The minimum Gasteiger partial charge on any atom is -1.00 e. The summed E-state index contributed by atoms with van der Waals surface area (Å²) in [4.78, 5) is 0. The second-order valence-electron chi connectivity index (χ2n) is 8.07.